The van der Waals surface area contributed by atoms with Gasteiger partial charge < -0.3 is 14.8 Å². The number of rotatable bonds is 4. The maximum atomic E-state index is 12.6. The predicted molar refractivity (Wildman–Crippen MR) is 104 cm³/mol. The largest absolute Gasteiger partial charge is 0.369 e. The maximum Gasteiger partial charge on any atom is 0.262 e. The lowest BCUT2D eigenvalue weighted by molar-refractivity contribution is 0.0958. The molecule has 1 aliphatic heterocycles. The van der Waals surface area contributed by atoms with Crippen LogP contribution in [-0.4, -0.2) is 35.1 Å². The Labute approximate surface area is 155 Å². The molecule has 1 amide bonds. The van der Waals surface area contributed by atoms with Crippen LogP contribution in [0.4, 0.5) is 5.69 Å². The Morgan fingerprint density at radius 1 is 1.35 bits per heavy atom. The molecule has 1 aromatic carbocycles. The number of hydrogen-bond acceptors (Lipinski definition) is 5. The minimum Gasteiger partial charge on any atom is -0.369 e. The molecular weight excluding hydrogens is 348 g/mol. The van der Waals surface area contributed by atoms with E-state index in [0.717, 1.165) is 19.5 Å². The molecular formula is C19H20N4O2S. The Morgan fingerprint density at radius 3 is 3.00 bits per heavy atom. The van der Waals surface area contributed by atoms with Crippen molar-refractivity contribution >= 4 is 33.1 Å². The zero-order chi connectivity index (χ0) is 18.3. The summed E-state index contributed by atoms with van der Waals surface area (Å²) in [6, 6.07) is 8.39. The standard InChI is InChI=1S/C19H20N4O2S/c1-12-15-18(21-11-22(2)19(15)25)26-16(12)17(24)20-8-10-23-9-7-13-5-3-4-6-14(13)23/h3-6,11H,7-10H2,1-2H3,(H,20,24). The van der Waals surface area contributed by atoms with Crippen LogP contribution in [-0.2, 0) is 13.5 Å². The van der Waals surface area contributed by atoms with Crippen LogP contribution in [0.15, 0.2) is 35.4 Å². The first-order chi connectivity index (χ1) is 12.6. The summed E-state index contributed by atoms with van der Waals surface area (Å²) in [6.07, 6.45) is 2.54. The molecule has 1 aliphatic rings. The molecule has 1 N–H and O–H groups in total. The minimum atomic E-state index is -0.139. The van der Waals surface area contributed by atoms with E-state index in [-0.39, 0.29) is 11.5 Å². The quantitative estimate of drug-likeness (QED) is 0.766. The molecule has 0 radical (unpaired) electrons. The molecule has 0 spiro atoms. The number of nitrogens with one attached hydrogen (secondary N) is 1. The van der Waals surface area contributed by atoms with E-state index < -0.39 is 0 Å². The average molecular weight is 368 g/mol. The van der Waals surface area contributed by atoms with Crippen molar-refractivity contribution < 1.29 is 4.79 Å². The summed E-state index contributed by atoms with van der Waals surface area (Å²) >= 11 is 1.28. The summed E-state index contributed by atoms with van der Waals surface area (Å²) in [5, 5.41) is 3.53. The summed E-state index contributed by atoms with van der Waals surface area (Å²) in [6.45, 7) is 4.13. The lowest BCUT2D eigenvalue weighted by atomic mass is 10.2. The van der Waals surface area contributed by atoms with E-state index >= 15 is 0 Å². The van der Waals surface area contributed by atoms with Crippen LogP contribution in [0.5, 0.6) is 0 Å². The van der Waals surface area contributed by atoms with Crippen molar-refractivity contribution in [3.8, 4) is 0 Å². The molecule has 6 nitrogen and oxygen atoms in total. The molecule has 3 heterocycles. The van der Waals surface area contributed by atoms with E-state index in [2.05, 4.69) is 33.4 Å². The fourth-order valence-electron chi connectivity index (χ4n) is 3.45. The normalized spacial score (nSPS) is 13.2. The molecule has 0 unspecified atom stereocenters. The van der Waals surface area contributed by atoms with E-state index in [9.17, 15) is 9.59 Å². The number of anilines is 1. The Bertz CT molecular complexity index is 1050. The number of carbonyl (C=O) groups is 1. The zero-order valence-corrected chi connectivity index (χ0v) is 15.6. The lowest BCUT2D eigenvalue weighted by Crippen LogP contribution is -2.34. The molecule has 26 heavy (non-hydrogen) atoms. The molecule has 0 saturated carbocycles. The molecule has 0 aliphatic carbocycles. The van der Waals surface area contributed by atoms with Crippen molar-refractivity contribution in [1.29, 1.82) is 0 Å². The van der Waals surface area contributed by atoms with Crippen molar-refractivity contribution in [3.63, 3.8) is 0 Å². The van der Waals surface area contributed by atoms with Crippen LogP contribution in [0.2, 0.25) is 0 Å². The van der Waals surface area contributed by atoms with Gasteiger partial charge in [-0.1, -0.05) is 18.2 Å². The minimum absolute atomic E-state index is 0.114. The van der Waals surface area contributed by atoms with Crippen LogP contribution < -0.4 is 15.8 Å². The third kappa shape index (κ3) is 2.78. The fraction of sp³-hybridized carbons (Fsp3) is 0.316. The second-order valence-corrected chi connectivity index (χ2v) is 7.52. The second kappa shape index (κ2) is 6.57. The Morgan fingerprint density at radius 2 is 2.15 bits per heavy atom. The van der Waals surface area contributed by atoms with Gasteiger partial charge in [0.15, 0.2) is 0 Å². The summed E-state index contributed by atoms with van der Waals surface area (Å²) in [5.41, 5.74) is 3.22. The second-order valence-electron chi connectivity index (χ2n) is 6.52. The molecule has 0 fully saturated rings. The number of fused-ring (bicyclic) bond motifs is 2. The summed E-state index contributed by atoms with van der Waals surface area (Å²) in [4.78, 5) is 32.6. The van der Waals surface area contributed by atoms with Gasteiger partial charge in [-0.05, 0) is 30.5 Å². The van der Waals surface area contributed by atoms with Crippen molar-refractivity contribution in [2.45, 2.75) is 13.3 Å². The summed E-state index contributed by atoms with van der Waals surface area (Å²) < 4.78 is 1.44. The molecule has 3 aromatic rings. The number of nitrogens with zero attached hydrogens (tertiary/aromatic N) is 3. The molecule has 0 saturated heterocycles. The number of aryl methyl sites for hydroxylation is 2. The van der Waals surface area contributed by atoms with Gasteiger partial charge in [-0.25, -0.2) is 4.98 Å². The molecule has 4 rings (SSSR count). The average Bonchev–Trinajstić information content (AvgIpc) is 3.20. The number of carbonyl (C=O) groups excluding carboxylic acids is 1. The number of benzene rings is 1. The zero-order valence-electron chi connectivity index (χ0n) is 14.8. The highest BCUT2D eigenvalue weighted by molar-refractivity contribution is 7.20. The Balaban J connectivity index is 1.46. The highest BCUT2D eigenvalue weighted by atomic mass is 32.1. The molecule has 134 valence electrons. The van der Waals surface area contributed by atoms with Crippen LogP contribution in [0.1, 0.15) is 20.8 Å². The van der Waals surface area contributed by atoms with E-state index in [1.165, 1.54) is 33.5 Å². The van der Waals surface area contributed by atoms with E-state index in [1.54, 1.807) is 7.05 Å². The van der Waals surface area contributed by atoms with Crippen LogP contribution in [0.25, 0.3) is 10.2 Å². The van der Waals surface area contributed by atoms with Gasteiger partial charge in [-0.2, -0.15) is 0 Å². The maximum absolute atomic E-state index is 12.6. The van der Waals surface area contributed by atoms with Crippen LogP contribution in [0.3, 0.4) is 0 Å². The third-order valence-electron chi connectivity index (χ3n) is 4.87. The fourth-order valence-corrected chi connectivity index (χ4v) is 4.50. The first-order valence-corrected chi connectivity index (χ1v) is 9.43. The summed E-state index contributed by atoms with van der Waals surface area (Å²) in [7, 11) is 1.67. The Hall–Kier alpha value is -2.67. The smallest absolute Gasteiger partial charge is 0.262 e. The van der Waals surface area contributed by atoms with Crippen LogP contribution in [0, 0.1) is 6.92 Å². The van der Waals surface area contributed by atoms with Gasteiger partial charge in [0.25, 0.3) is 11.5 Å². The van der Waals surface area contributed by atoms with Gasteiger partial charge in [-0.3, -0.25) is 9.59 Å². The Kier molecular flexibility index (Phi) is 4.24. The molecule has 0 atom stereocenters. The van der Waals surface area contributed by atoms with Crippen molar-refractivity contribution in [1.82, 2.24) is 14.9 Å². The van der Waals surface area contributed by atoms with Gasteiger partial charge in [0.2, 0.25) is 0 Å². The van der Waals surface area contributed by atoms with Crippen LogP contribution >= 0.6 is 11.3 Å². The predicted octanol–water partition coefficient (Wildman–Crippen LogP) is 2.10. The lowest BCUT2D eigenvalue weighted by Gasteiger charge is -2.19. The number of para-hydroxylation sites is 1. The highest BCUT2D eigenvalue weighted by Gasteiger charge is 2.20. The first kappa shape index (κ1) is 16.8. The highest BCUT2D eigenvalue weighted by Crippen LogP contribution is 2.28. The SMILES string of the molecule is Cc1c(C(=O)NCCN2CCc3ccccc32)sc2ncn(C)c(=O)c12. The van der Waals surface area contributed by atoms with Gasteiger partial charge in [0.05, 0.1) is 16.6 Å². The summed E-state index contributed by atoms with van der Waals surface area (Å²) in [5.74, 6) is -0.139. The van der Waals surface area contributed by atoms with Crippen molar-refractivity contribution in [2.24, 2.45) is 7.05 Å². The van der Waals surface area contributed by atoms with E-state index in [1.807, 2.05) is 13.0 Å². The first-order valence-electron chi connectivity index (χ1n) is 8.62. The number of aromatic nitrogens is 2. The van der Waals surface area contributed by atoms with Gasteiger partial charge in [-0.15, -0.1) is 11.3 Å². The van der Waals surface area contributed by atoms with Crippen molar-refractivity contribution in [2.75, 3.05) is 24.5 Å². The van der Waals surface area contributed by atoms with E-state index in [4.69, 9.17) is 0 Å². The number of thiophene rings is 1. The van der Waals surface area contributed by atoms with Crippen molar-refractivity contribution in [3.05, 3.63) is 57.0 Å². The monoisotopic (exact) mass is 368 g/mol. The number of amides is 1. The van der Waals surface area contributed by atoms with Gasteiger partial charge in [0.1, 0.15) is 4.83 Å². The van der Waals surface area contributed by atoms with E-state index in [0.29, 0.717) is 27.2 Å². The molecule has 2 aromatic heterocycles. The third-order valence-corrected chi connectivity index (χ3v) is 6.07. The molecule has 0 bridgehead atoms. The van der Waals surface area contributed by atoms with Gasteiger partial charge >= 0.3 is 0 Å². The number of hydrogen-bond donors (Lipinski definition) is 1. The topological polar surface area (TPSA) is 67.2 Å². The van der Waals surface area contributed by atoms with Gasteiger partial charge in [0, 0.05) is 32.4 Å². The molecule has 7 heteroatoms.